The third-order valence-corrected chi connectivity index (χ3v) is 4.98. The fraction of sp³-hybridized carbons (Fsp3) is 0.261. The molecule has 2 heterocycles. The Hall–Kier alpha value is -3.25. The van der Waals surface area contributed by atoms with Crippen molar-refractivity contribution in [2.45, 2.75) is 6.54 Å². The molecule has 0 radical (unpaired) electrons. The molecule has 0 atom stereocenters. The maximum atomic E-state index is 12.8. The molecule has 0 saturated carbocycles. The quantitative estimate of drug-likeness (QED) is 0.634. The van der Waals surface area contributed by atoms with Gasteiger partial charge in [0.15, 0.2) is 17.3 Å². The number of nitrogens with zero attached hydrogens (tertiary/aromatic N) is 2. The number of hydrogen-bond acceptors (Lipinski definition) is 5. The van der Waals surface area contributed by atoms with Crippen LogP contribution in [0.2, 0.25) is 0 Å². The molecule has 1 amide bonds. The summed E-state index contributed by atoms with van der Waals surface area (Å²) in [4.78, 5) is 17.0. The molecule has 1 aromatic heterocycles. The predicted molar refractivity (Wildman–Crippen MR) is 109 cm³/mol. The first-order chi connectivity index (χ1) is 14.2. The smallest absolute Gasteiger partial charge is 0.290 e. The van der Waals surface area contributed by atoms with Gasteiger partial charge in [0, 0.05) is 38.8 Å². The van der Waals surface area contributed by atoms with Gasteiger partial charge in [0.1, 0.15) is 0 Å². The molecule has 1 aliphatic rings. The first-order valence-electron chi connectivity index (χ1n) is 9.69. The van der Waals surface area contributed by atoms with Crippen molar-refractivity contribution in [3.8, 4) is 17.4 Å². The second-order valence-electron chi connectivity index (χ2n) is 6.93. The van der Waals surface area contributed by atoms with Crippen molar-refractivity contribution in [2.24, 2.45) is 0 Å². The van der Waals surface area contributed by atoms with Crippen molar-refractivity contribution in [2.75, 3.05) is 33.3 Å². The summed E-state index contributed by atoms with van der Waals surface area (Å²) in [5, 5.41) is 0. The monoisotopic (exact) mass is 392 g/mol. The van der Waals surface area contributed by atoms with Gasteiger partial charge >= 0.3 is 0 Å². The largest absolute Gasteiger partial charge is 0.493 e. The third-order valence-electron chi connectivity index (χ3n) is 4.98. The average molecular weight is 392 g/mol. The number of rotatable bonds is 6. The van der Waals surface area contributed by atoms with Gasteiger partial charge in [-0.1, -0.05) is 42.5 Å². The number of benzene rings is 2. The Labute approximate surface area is 170 Å². The fourth-order valence-corrected chi connectivity index (χ4v) is 3.41. The number of carbonyl (C=O) groups excluding carboxylic acids is 1. The molecule has 6 heteroatoms. The lowest BCUT2D eigenvalue weighted by Crippen LogP contribution is -2.48. The summed E-state index contributed by atoms with van der Waals surface area (Å²) in [6.07, 6.45) is 0. The van der Waals surface area contributed by atoms with Crippen LogP contribution in [-0.4, -0.2) is 49.0 Å². The topological polar surface area (TPSA) is 55.2 Å². The van der Waals surface area contributed by atoms with Crippen LogP contribution in [0.15, 0.2) is 71.1 Å². The molecule has 0 bridgehead atoms. The van der Waals surface area contributed by atoms with Gasteiger partial charge < -0.3 is 18.8 Å². The maximum absolute atomic E-state index is 12.8. The number of methoxy groups -OCH3 is 1. The van der Waals surface area contributed by atoms with Gasteiger partial charge in [0.25, 0.3) is 11.9 Å². The van der Waals surface area contributed by atoms with E-state index in [0.717, 1.165) is 19.6 Å². The Morgan fingerprint density at radius 2 is 1.59 bits per heavy atom. The van der Waals surface area contributed by atoms with E-state index in [1.54, 1.807) is 31.4 Å². The van der Waals surface area contributed by atoms with Crippen LogP contribution < -0.4 is 9.47 Å². The van der Waals surface area contributed by atoms with Crippen LogP contribution in [0, 0.1) is 0 Å². The first-order valence-corrected chi connectivity index (χ1v) is 9.69. The Balaban J connectivity index is 1.34. The number of piperazine rings is 1. The van der Waals surface area contributed by atoms with E-state index in [2.05, 4.69) is 29.2 Å². The molecule has 0 unspecified atom stereocenters. The molecule has 6 nitrogen and oxygen atoms in total. The minimum Gasteiger partial charge on any atom is -0.493 e. The van der Waals surface area contributed by atoms with Gasteiger partial charge in [-0.2, -0.15) is 0 Å². The van der Waals surface area contributed by atoms with E-state index < -0.39 is 0 Å². The number of hydrogen-bond donors (Lipinski definition) is 0. The molecular weight excluding hydrogens is 368 g/mol. The molecule has 150 valence electrons. The molecule has 1 aliphatic heterocycles. The molecule has 3 aromatic rings. The molecule has 0 spiro atoms. The summed E-state index contributed by atoms with van der Waals surface area (Å²) in [6.45, 7) is 3.93. The normalized spacial score (nSPS) is 14.6. The van der Waals surface area contributed by atoms with Crippen LogP contribution in [0.3, 0.4) is 0 Å². The number of ether oxygens (including phenoxy) is 2. The Kier molecular flexibility index (Phi) is 5.81. The van der Waals surface area contributed by atoms with Gasteiger partial charge in [-0.05, 0) is 23.8 Å². The molecule has 4 rings (SSSR count). The van der Waals surface area contributed by atoms with Gasteiger partial charge in [0.2, 0.25) is 0 Å². The van der Waals surface area contributed by atoms with Crippen molar-refractivity contribution in [1.82, 2.24) is 9.80 Å². The molecular formula is C23H24N2O4. The molecule has 0 aliphatic carbocycles. The summed E-state index contributed by atoms with van der Waals surface area (Å²) < 4.78 is 16.6. The molecule has 1 saturated heterocycles. The summed E-state index contributed by atoms with van der Waals surface area (Å²) in [5.41, 5.74) is 1.29. The van der Waals surface area contributed by atoms with Gasteiger partial charge in [-0.15, -0.1) is 0 Å². The zero-order valence-electron chi connectivity index (χ0n) is 16.4. The lowest BCUT2D eigenvalue weighted by atomic mass is 10.2. The van der Waals surface area contributed by atoms with E-state index in [4.69, 9.17) is 13.9 Å². The van der Waals surface area contributed by atoms with Crippen LogP contribution >= 0.6 is 0 Å². The van der Waals surface area contributed by atoms with Gasteiger partial charge in [-0.25, -0.2) is 0 Å². The lowest BCUT2D eigenvalue weighted by Gasteiger charge is -2.34. The van der Waals surface area contributed by atoms with E-state index in [0.29, 0.717) is 24.6 Å². The maximum Gasteiger partial charge on any atom is 0.290 e. The highest BCUT2D eigenvalue weighted by Gasteiger charge is 2.24. The number of furan rings is 1. The molecule has 2 aromatic carbocycles. The van der Waals surface area contributed by atoms with Crippen molar-refractivity contribution in [3.05, 3.63) is 78.1 Å². The fourth-order valence-electron chi connectivity index (χ4n) is 3.41. The van der Waals surface area contributed by atoms with Crippen molar-refractivity contribution in [1.29, 1.82) is 0 Å². The highest BCUT2D eigenvalue weighted by molar-refractivity contribution is 5.91. The van der Waals surface area contributed by atoms with Crippen LogP contribution in [0.5, 0.6) is 17.4 Å². The Bertz CT molecular complexity index is 946. The highest BCUT2D eigenvalue weighted by Crippen LogP contribution is 2.32. The van der Waals surface area contributed by atoms with Crippen molar-refractivity contribution >= 4 is 5.91 Å². The van der Waals surface area contributed by atoms with Crippen LogP contribution in [-0.2, 0) is 6.54 Å². The van der Waals surface area contributed by atoms with E-state index in [1.165, 1.54) is 5.56 Å². The zero-order chi connectivity index (χ0) is 20.1. The standard InChI is InChI=1S/C23H24N2O4/c1-27-19-9-5-6-10-20(19)28-22-12-11-21(29-22)23(26)25-15-13-24(14-16-25)17-18-7-3-2-4-8-18/h2-12H,13-17H2,1H3. The van der Waals surface area contributed by atoms with Crippen molar-refractivity contribution in [3.63, 3.8) is 0 Å². The van der Waals surface area contributed by atoms with E-state index in [-0.39, 0.29) is 17.6 Å². The van der Waals surface area contributed by atoms with Gasteiger partial charge in [0.05, 0.1) is 7.11 Å². The SMILES string of the molecule is COc1ccccc1Oc1ccc(C(=O)N2CCN(Cc3ccccc3)CC2)o1. The van der Waals surface area contributed by atoms with E-state index >= 15 is 0 Å². The highest BCUT2D eigenvalue weighted by atomic mass is 16.6. The van der Waals surface area contributed by atoms with E-state index in [1.807, 2.05) is 23.1 Å². The average Bonchev–Trinajstić information content (AvgIpc) is 3.23. The second-order valence-corrected chi connectivity index (χ2v) is 6.93. The second kappa shape index (κ2) is 8.84. The molecule has 1 fully saturated rings. The van der Waals surface area contributed by atoms with Crippen LogP contribution in [0.25, 0.3) is 0 Å². The minimum absolute atomic E-state index is 0.112. The Morgan fingerprint density at radius 3 is 2.31 bits per heavy atom. The predicted octanol–water partition coefficient (Wildman–Crippen LogP) is 4.04. The molecule has 0 N–H and O–H groups in total. The summed E-state index contributed by atoms with van der Waals surface area (Å²) in [5.74, 6) is 1.58. The van der Waals surface area contributed by atoms with Crippen LogP contribution in [0.1, 0.15) is 16.1 Å². The van der Waals surface area contributed by atoms with Crippen LogP contribution in [0.4, 0.5) is 0 Å². The Morgan fingerprint density at radius 1 is 0.897 bits per heavy atom. The zero-order valence-corrected chi connectivity index (χ0v) is 16.4. The number of para-hydroxylation sites is 2. The third kappa shape index (κ3) is 4.60. The number of amides is 1. The summed E-state index contributed by atoms with van der Waals surface area (Å²) in [7, 11) is 1.58. The summed E-state index contributed by atoms with van der Waals surface area (Å²) in [6, 6.07) is 21.0. The van der Waals surface area contributed by atoms with Crippen molar-refractivity contribution < 1.29 is 18.7 Å². The van der Waals surface area contributed by atoms with Gasteiger partial charge in [-0.3, -0.25) is 9.69 Å². The number of carbonyl (C=O) groups is 1. The minimum atomic E-state index is -0.112. The van der Waals surface area contributed by atoms with E-state index in [9.17, 15) is 4.79 Å². The summed E-state index contributed by atoms with van der Waals surface area (Å²) >= 11 is 0. The lowest BCUT2D eigenvalue weighted by molar-refractivity contribution is 0.0593. The molecule has 29 heavy (non-hydrogen) atoms. The first kappa shape index (κ1) is 19.1.